The minimum absolute atomic E-state index is 0.936. The standard InChI is InChI=1S/C13H11IN2/c1-16-7-3-4-9-8-11(14)10-5-2-6-15-12(10)13(9)16/h3-8H,2H2,1H3. The van der Waals surface area contributed by atoms with Crippen LogP contribution < -0.4 is 15.3 Å². The van der Waals surface area contributed by atoms with Gasteiger partial charge >= 0.3 is 0 Å². The average Bonchev–Trinajstić information content (AvgIpc) is 2.29. The first-order valence-corrected chi connectivity index (χ1v) is 6.32. The maximum atomic E-state index is 4.56. The van der Waals surface area contributed by atoms with Crippen molar-refractivity contribution in [3.05, 3.63) is 32.3 Å². The van der Waals surface area contributed by atoms with Crippen LogP contribution in [0.3, 0.4) is 0 Å². The number of benzene rings is 1. The Kier molecular flexibility index (Phi) is 2.35. The number of halogens is 1. The first-order valence-electron chi connectivity index (χ1n) is 5.24. The Hall–Kier alpha value is -1.10. The van der Waals surface area contributed by atoms with E-state index in [1.165, 1.54) is 19.7 Å². The van der Waals surface area contributed by atoms with Crippen LogP contribution in [0, 0.1) is 3.57 Å². The quantitative estimate of drug-likeness (QED) is 0.667. The topological polar surface area (TPSA) is 15.6 Å². The minimum Gasteiger partial charge on any atom is -0.349 e. The third-order valence-corrected chi connectivity index (χ3v) is 3.77. The predicted molar refractivity (Wildman–Crippen MR) is 77.7 cm³/mol. The first-order chi connectivity index (χ1) is 7.77. The van der Waals surface area contributed by atoms with Gasteiger partial charge in [-0.05, 0) is 34.7 Å². The summed E-state index contributed by atoms with van der Waals surface area (Å²) in [6, 6.07) is 2.23. The summed E-state index contributed by atoms with van der Waals surface area (Å²) in [6.45, 7) is 0. The van der Waals surface area contributed by atoms with Gasteiger partial charge in [0.1, 0.15) is 0 Å². The molecule has 80 valence electrons. The molecular weight excluding hydrogens is 311 g/mol. The number of rotatable bonds is 0. The van der Waals surface area contributed by atoms with E-state index in [9.17, 15) is 0 Å². The molecule has 0 spiro atoms. The third-order valence-electron chi connectivity index (χ3n) is 2.88. The molecule has 1 aromatic carbocycles. The molecule has 0 fully saturated rings. The lowest BCUT2D eigenvalue weighted by atomic mass is 10.1. The van der Waals surface area contributed by atoms with Crippen LogP contribution in [0.4, 0.5) is 11.4 Å². The second-order valence-electron chi connectivity index (χ2n) is 3.93. The van der Waals surface area contributed by atoms with Gasteiger partial charge in [0.15, 0.2) is 0 Å². The van der Waals surface area contributed by atoms with Crippen LogP contribution in [-0.2, 0) is 0 Å². The average molecular weight is 322 g/mol. The van der Waals surface area contributed by atoms with Crippen molar-refractivity contribution in [2.75, 3.05) is 11.9 Å². The van der Waals surface area contributed by atoms with Gasteiger partial charge in [0.2, 0.25) is 0 Å². The van der Waals surface area contributed by atoms with E-state index in [0.29, 0.717) is 0 Å². The molecule has 2 aliphatic heterocycles. The molecule has 3 rings (SSSR count). The normalized spacial score (nSPS) is 16.2. The van der Waals surface area contributed by atoms with Crippen LogP contribution in [0.15, 0.2) is 23.3 Å². The molecule has 0 saturated heterocycles. The molecule has 3 heteroatoms. The molecule has 0 amide bonds. The predicted octanol–water partition coefficient (Wildman–Crippen LogP) is 1.92. The third kappa shape index (κ3) is 1.42. The molecule has 2 heterocycles. The molecule has 1 aromatic rings. The van der Waals surface area contributed by atoms with Gasteiger partial charge in [0.05, 0.1) is 11.4 Å². The molecule has 16 heavy (non-hydrogen) atoms. The monoisotopic (exact) mass is 322 g/mol. The largest absolute Gasteiger partial charge is 0.349 e. The molecule has 2 aliphatic rings. The van der Waals surface area contributed by atoms with Crippen molar-refractivity contribution in [1.29, 1.82) is 0 Å². The number of hydrogen-bond acceptors (Lipinski definition) is 2. The van der Waals surface area contributed by atoms with Crippen molar-refractivity contribution in [2.24, 2.45) is 4.99 Å². The second kappa shape index (κ2) is 3.73. The van der Waals surface area contributed by atoms with Gasteiger partial charge in [-0.15, -0.1) is 0 Å². The zero-order chi connectivity index (χ0) is 11.1. The summed E-state index contributed by atoms with van der Waals surface area (Å²) < 4.78 is 1.28. The van der Waals surface area contributed by atoms with Crippen molar-refractivity contribution >= 4 is 52.3 Å². The SMILES string of the molecule is CN1C=CC=c2cc(I)c3c(c21)N=CCC=3. The van der Waals surface area contributed by atoms with Crippen molar-refractivity contribution in [1.82, 2.24) is 0 Å². The number of hydrogen-bond donors (Lipinski definition) is 0. The van der Waals surface area contributed by atoms with Gasteiger partial charge in [-0.1, -0.05) is 12.2 Å². The molecule has 0 bridgehead atoms. The molecule has 0 aromatic heterocycles. The molecular formula is C13H11IN2. The number of fused-ring (bicyclic) bond motifs is 3. The number of allylic oxidation sites excluding steroid dienone is 1. The Bertz CT molecular complexity index is 626. The zero-order valence-electron chi connectivity index (χ0n) is 8.94. The van der Waals surface area contributed by atoms with E-state index in [1.807, 2.05) is 6.21 Å². The molecule has 0 atom stereocenters. The van der Waals surface area contributed by atoms with E-state index in [-0.39, 0.29) is 0 Å². The van der Waals surface area contributed by atoms with E-state index >= 15 is 0 Å². The van der Waals surface area contributed by atoms with Gasteiger partial charge in [0.25, 0.3) is 0 Å². The summed E-state index contributed by atoms with van der Waals surface area (Å²) in [6.07, 6.45) is 11.4. The maximum Gasteiger partial charge on any atom is 0.0948 e. The Morgan fingerprint density at radius 3 is 3.19 bits per heavy atom. The summed E-state index contributed by atoms with van der Waals surface area (Å²) in [4.78, 5) is 6.70. The van der Waals surface area contributed by atoms with Crippen LogP contribution in [0.25, 0.3) is 12.2 Å². The van der Waals surface area contributed by atoms with Gasteiger partial charge in [-0.3, -0.25) is 4.99 Å². The minimum atomic E-state index is 0.936. The van der Waals surface area contributed by atoms with Gasteiger partial charge in [0, 0.05) is 39.9 Å². The Labute approximate surface area is 108 Å². The van der Waals surface area contributed by atoms with E-state index in [1.54, 1.807) is 0 Å². The number of aliphatic imine (C=N–C) groups is 1. The molecule has 2 nitrogen and oxygen atoms in total. The lowest BCUT2D eigenvalue weighted by Gasteiger charge is -2.21. The summed E-state index contributed by atoms with van der Waals surface area (Å²) in [5.74, 6) is 0. The van der Waals surface area contributed by atoms with Crippen molar-refractivity contribution in [3.63, 3.8) is 0 Å². The van der Waals surface area contributed by atoms with E-state index in [4.69, 9.17) is 0 Å². The Morgan fingerprint density at radius 2 is 2.31 bits per heavy atom. The fourth-order valence-electron chi connectivity index (χ4n) is 2.15. The highest BCUT2D eigenvalue weighted by molar-refractivity contribution is 14.1. The Balaban J connectivity index is 2.47. The van der Waals surface area contributed by atoms with Crippen LogP contribution in [0.2, 0.25) is 0 Å². The summed E-state index contributed by atoms with van der Waals surface area (Å²) >= 11 is 2.39. The zero-order valence-corrected chi connectivity index (χ0v) is 11.1. The first kappa shape index (κ1) is 10.1. The summed E-state index contributed by atoms with van der Waals surface area (Å²) in [5, 5.41) is 2.53. The second-order valence-corrected chi connectivity index (χ2v) is 5.09. The fraction of sp³-hybridized carbons (Fsp3) is 0.154. The molecule has 0 saturated carbocycles. The summed E-state index contributed by atoms with van der Waals surface area (Å²) in [7, 11) is 2.07. The highest BCUT2D eigenvalue weighted by atomic mass is 127. The molecule has 0 aliphatic carbocycles. The van der Waals surface area contributed by atoms with Crippen LogP contribution in [0.5, 0.6) is 0 Å². The lowest BCUT2D eigenvalue weighted by molar-refractivity contribution is 1.16. The molecule has 0 unspecified atom stereocenters. The maximum absolute atomic E-state index is 4.56. The Morgan fingerprint density at radius 1 is 1.44 bits per heavy atom. The van der Waals surface area contributed by atoms with Crippen molar-refractivity contribution in [2.45, 2.75) is 6.42 Å². The van der Waals surface area contributed by atoms with E-state index < -0.39 is 0 Å². The van der Waals surface area contributed by atoms with Crippen molar-refractivity contribution < 1.29 is 0 Å². The molecule has 0 radical (unpaired) electrons. The van der Waals surface area contributed by atoms with Crippen molar-refractivity contribution in [3.8, 4) is 0 Å². The number of anilines is 1. The summed E-state index contributed by atoms with van der Waals surface area (Å²) in [5.41, 5.74) is 2.32. The smallest absolute Gasteiger partial charge is 0.0948 e. The van der Waals surface area contributed by atoms with Gasteiger partial charge in [-0.25, -0.2) is 0 Å². The highest BCUT2D eigenvalue weighted by Gasteiger charge is 2.14. The fourth-order valence-corrected chi connectivity index (χ4v) is 2.96. The van der Waals surface area contributed by atoms with Crippen LogP contribution in [-0.4, -0.2) is 13.3 Å². The van der Waals surface area contributed by atoms with Crippen LogP contribution >= 0.6 is 22.6 Å². The molecule has 0 N–H and O–H groups in total. The van der Waals surface area contributed by atoms with Gasteiger partial charge < -0.3 is 4.90 Å². The van der Waals surface area contributed by atoms with E-state index in [0.717, 1.165) is 12.1 Å². The van der Waals surface area contributed by atoms with Crippen LogP contribution in [0.1, 0.15) is 6.42 Å². The lowest BCUT2D eigenvalue weighted by Crippen LogP contribution is -2.26. The highest BCUT2D eigenvalue weighted by Crippen LogP contribution is 2.24. The van der Waals surface area contributed by atoms with E-state index in [2.05, 4.69) is 70.0 Å². The number of nitrogens with zero attached hydrogens (tertiary/aromatic N) is 2. The van der Waals surface area contributed by atoms with Gasteiger partial charge in [-0.2, -0.15) is 0 Å².